The Balaban J connectivity index is 2.35. The summed E-state index contributed by atoms with van der Waals surface area (Å²) in [5, 5.41) is 3.79. The van der Waals surface area contributed by atoms with E-state index in [0.29, 0.717) is 6.61 Å². The summed E-state index contributed by atoms with van der Waals surface area (Å²) in [7, 11) is -2.08. The van der Waals surface area contributed by atoms with Gasteiger partial charge in [0.15, 0.2) is 7.26 Å². The zero-order chi connectivity index (χ0) is 16.8. The first-order valence-electron chi connectivity index (χ1n) is 8.18. The van der Waals surface area contributed by atoms with E-state index in [4.69, 9.17) is 4.74 Å². The van der Waals surface area contributed by atoms with Gasteiger partial charge in [-0.2, -0.15) is 0 Å². The Kier molecular flexibility index (Phi) is 5.13. The molecule has 0 unspecified atom stereocenters. The van der Waals surface area contributed by atoms with Crippen LogP contribution in [0.4, 0.5) is 0 Å². The van der Waals surface area contributed by atoms with Gasteiger partial charge in [0, 0.05) is 0 Å². The van der Waals surface area contributed by atoms with Gasteiger partial charge in [-0.3, -0.25) is 0 Å². The van der Waals surface area contributed by atoms with Gasteiger partial charge >= 0.3 is 0 Å². The van der Waals surface area contributed by atoms with Crippen LogP contribution in [0.2, 0.25) is 0 Å². The smallest absolute Gasteiger partial charge is 0.249 e. The Labute approximate surface area is 145 Å². The molecule has 0 amide bonds. The average Bonchev–Trinajstić information content (AvgIpc) is 2.65. The van der Waals surface area contributed by atoms with Crippen molar-refractivity contribution >= 4 is 23.2 Å². The molecule has 24 heavy (non-hydrogen) atoms. The molecule has 0 aromatic heterocycles. The van der Waals surface area contributed by atoms with Crippen LogP contribution in [0.5, 0.6) is 0 Å². The summed E-state index contributed by atoms with van der Waals surface area (Å²) in [5.41, 5.74) is 0.855. The topological polar surface area (TPSA) is 9.23 Å². The quantitative estimate of drug-likeness (QED) is 0.477. The second-order valence-corrected chi connectivity index (χ2v) is 8.89. The minimum absolute atomic E-state index is 0.618. The lowest BCUT2D eigenvalue weighted by atomic mass is 10.4. The third kappa shape index (κ3) is 2.88. The maximum Gasteiger partial charge on any atom is 0.249 e. The number of hydrogen-bond donors (Lipinski definition) is 0. The van der Waals surface area contributed by atoms with E-state index in [1.54, 1.807) is 0 Å². The molecule has 120 valence electrons. The van der Waals surface area contributed by atoms with E-state index < -0.39 is 7.26 Å². The van der Waals surface area contributed by atoms with Crippen LogP contribution >= 0.6 is 7.26 Å². The Morgan fingerprint density at radius 1 is 0.708 bits per heavy atom. The van der Waals surface area contributed by atoms with E-state index in [2.05, 4.69) is 97.6 Å². The second-order valence-electron chi connectivity index (χ2n) is 5.50. The third-order valence-corrected chi connectivity index (χ3v) is 8.21. The third-order valence-electron chi connectivity index (χ3n) is 4.12. The van der Waals surface area contributed by atoms with Gasteiger partial charge in [-0.15, -0.1) is 0 Å². The molecule has 3 aromatic rings. The van der Waals surface area contributed by atoms with Gasteiger partial charge in [0.2, 0.25) is 5.50 Å². The monoisotopic (exact) mass is 333 g/mol. The minimum Gasteiger partial charge on any atom is -0.466 e. The zero-order valence-corrected chi connectivity index (χ0v) is 14.8. The summed E-state index contributed by atoms with van der Waals surface area (Å²) in [5.74, 6) is 0. The summed E-state index contributed by atoms with van der Waals surface area (Å²) in [4.78, 5) is 0. The molecule has 0 saturated heterocycles. The molecule has 0 heterocycles. The molecule has 3 rings (SSSR count). The van der Waals surface area contributed by atoms with Crippen LogP contribution in [-0.2, 0) is 4.74 Å². The van der Waals surface area contributed by atoms with Crippen molar-refractivity contribution in [3.8, 4) is 0 Å². The van der Waals surface area contributed by atoms with E-state index in [1.807, 2.05) is 6.92 Å². The van der Waals surface area contributed by atoms with Crippen LogP contribution in [-0.4, -0.2) is 6.61 Å². The fourth-order valence-electron chi connectivity index (χ4n) is 3.10. The Hall–Kier alpha value is -2.37. The Morgan fingerprint density at radius 3 is 1.33 bits per heavy atom. The van der Waals surface area contributed by atoms with Crippen LogP contribution in [0, 0.1) is 0 Å². The highest BCUT2D eigenvalue weighted by atomic mass is 31.2. The molecule has 1 nitrogen and oxygen atoms in total. The predicted octanol–water partition coefficient (Wildman–Crippen LogP) is 4.49. The summed E-state index contributed by atoms with van der Waals surface area (Å²) in [6.45, 7) is 7.01. The number of hydrogen-bond acceptors (Lipinski definition) is 1. The Morgan fingerprint density at radius 2 is 1.04 bits per heavy atom. The molecule has 0 aliphatic rings. The van der Waals surface area contributed by atoms with Crippen LogP contribution in [0.3, 0.4) is 0 Å². The second kappa shape index (κ2) is 7.47. The van der Waals surface area contributed by atoms with Crippen molar-refractivity contribution in [2.75, 3.05) is 6.61 Å². The van der Waals surface area contributed by atoms with Gasteiger partial charge in [-0.25, -0.2) is 0 Å². The van der Waals surface area contributed by atoms with E-state index >= 15 is 0 Å². The zero-order valence-electron chi connectivity index (χ0n) is 13.9. The summed E-state index contributed by atoms with van der Waals surface area (Å²) < 4.78 is 6.03. The highest BCUT2D eigenvalue weighted by Crippen LogP contribution is 2.61. The van der Waals surface area contributed by atoms with Crippen molar-refractivity contribution in [3.63, 3.8) is 0 Å². The molecule has 0 atom stereocenters. The molecule has 0 bridgehead atoms. The van der Waals surface area contributed by atoms with Crippen molar-refractivity contribution < 1.29 is 4.74 Å². The van der Waals surface area contributed by atoms with Crippen molar-refractivity contribution in [3.05, 3.63) is 103 Å². The maximum atomic E-state index is 6.03. The van der Waals surface area contributed by atoms with Gasteiger partial charge in [0.1, 0.15) is 15.9 Å². The van der Waals surface area contributed by atoms with E-state index in [-0.39, 0.29) is 0 Å². The summed E-state index contributed by atoms with van der Waals surface area (Å²) >= 11 is 0. The van der Waals surface area contributed by atoms with Crippen molar-refractivity contribution in [2.45, 2.75) is 6.92 Å². The molecule has 3 aromatic carbocycles. The highest BCUT2D eigenvalue weighted by molar-refractivity contribution is 7.98. The molecule has 0 fully saturated rings. The molecule has 0 radical (unpaired) electrons. The fourth-order valence-corrected chi connectivity index (χ4v) is 7.04. The summed E-state index contributed by atoms with van der Waals surface area (Å²) in [6, 6.07) is 31.9. The van der Waals surface area contributed by atoms with Crippen molar-refractivity contribution in [1.29, 1.82) is 0 Å². The van der Waals surface area contributed by atoms with Crippen LogP contribution in [0.1, 0.15) is 6.92 Å². The molecule has 0 saturated carbocycles. The largest absolute Gasteiger partial charge is 0.466 e. The number of rotatable bonds is 6. The van der Waals surface area contributed by atoms with Gasteiger partial charge in [0.05, 0.1) is 6.61 Å². The van der Waals surface area contributed by atoms with Crippen molar-refractivity contribution in [1.82, 2.24) is 0 Å². The van der Waals surface area contributed by atoms with Crippen LogP contribution in [0.25, 0.3) is 0 Å². The first-order chi connectivity index (χ1) is 11.8. The van der Waals surface area contributed by atoms with Gasteiger partial charge in [0.25, 0.3) is 0 Å². The number of benzene rings is 3. The molecule has 0 N–H and O–H groups in total. The molecule has 0 spiro atoms. The molecular weight excluding hydrogens is 311 g/mol. The predicted molar refractivity (Wildman–Crippen MR) is 106 cm³/mol. The van der Waals surface area contributed by atoms with E-state index in [1.165, 1.54) is 15.9 Å². The maximum absolute atomic E-state index is 6.03. The lowest BCUT2D eigenvalue weighted by molar-refractivity contribution is 0.257. The lowest BCUT2D eigenvalue weighted by Crippen LogP contribution is -2.32. The van der Waals surface area contributed by atoms with Gasteiger partial charge < -0.3 is 4.74 Å². The van der Waals surface area contributed by atoms with Crippen LogP contribution in [0.15, 0.2) is 103 Å². The molecule has 0 aliphatic carbocycles. The lowest BCUT2D eigenvalue weighted by Gasteiger charge is -2.27. The van der Waals surface area contributed by atoms with Gasteiger partial charge in [-0.05, 0) is 49.9 Å². The van der Waals surface area contributed by atoms with Crippen molar-refractivity contribution in [2.24, 2.45) is 0 Å². The normalized spacial score (nSPS) is 11.0. The highest BCUT2D eigenvalue weighted by Gasteiger charge is 2.50. The Bertz CT molecular complexity index is 685. The molecule has 2 heteroatoms. The minimum atomic E-state index is -2.08. The van der Waals surface area contributed by atoms with Crippen LogP contribution < -0.4 is 15.9 Å². The molecule has 0 aliphatic heterocycles. The van der Waals surface area contributed by atoms with E-state index in [9.17, 15) is 0 Å². The summed E-state index contributed by atoms with van der Waals surface area (Å²) in [6.07, 6.45) is 0. The van der Waals surface area contributed by atoms with E-state index in [0.717, 1.165) is 5.50 Å². The number of ether oxygens (including phenoxy) is 1. The molecular formula is C22H22OP+. The fraction of sp³-hybridized carbons (Fsp3) is 0.0909. The SMILES string of the molecule is C=C(OCC)[P+](c1ccccc1)(c1ccccc1)c1ccccc1. The average molecular weight is 333 g/mol. The first kappa shape index (κ1) is 16.5. The first-order valence-corrected chi connectivity index (χ1v) is 9.97. The standard InChI is InChI=1S/C22H22OP/c1-3-23-19(2)24(20-13-7-4-8-14-20,21-15-9-5-10-16-21)22-17-11-6-12-18-22/h4-18H,2-3H2,1H3/q+1. The van der Waals surface area contributed by atoms with Gasteiger partial charge in [-0.1, -0.05) is 54.6 Å².